The van der Waals surface area contributed by atoms with Gasteiger partial charge in [0.1, 0.15) is 10.6 Å². The molecule has 0 amide bonds. The fourth-order valence-corrected chi connectivity index (χ4v) is 3.59. The minimum absolute atomic E-state index is 0.119. The highest BCUT2D eigenvalue weighted by Gasteiger charge is 2.21. The summed E-state index contributed by atoms with van der Waals surface area (Å²) < 4.78 is 33.1. The van der Waals surface area contributed by atoms with Crippen LogP contribution in [-0.4, -0.2) is 15.5 Å². The van der Waals surface area contributed by atoms with Crippen molar-refractivity contribution in [1.82, 2.24) is 0 Å². The van der Waals surface area contributed by atoms with Gasteiger partial charge in [-0.25, -0.2) is 8.42 Å². The quantitative estimate of drug-likeness (QED) is 0.895. The lowest BCUT2D eigenvalue weighted by molar-refractivity contribution is 0.402. The third-order valence-corrected chi connectivity index (χ3v) is 5.23. The topological polar surface area (TPSA) is 55.4 Å². The molecule has 2 aromatic rings. The van der Waals surface area contributed by atoms with Crippen molar-refractivity contribution in [2.45, 2.75) is 25.2 Å². The van der Waals surface area contributed by atoms with E-state index < -0.39 is 10.0 Å². The molecule has 0 spiro atoms. The van der Waals surface area contributed by atoms with Crippen LogP contribution in [0.1, 0.15) is 18.1 Å². The first-order chi connectivity index (χ1) is 10.4. The Bertz CT molecular complexity index is 788. The molecule has 1 N–H and O–H groups in total. The number of hydrogen-bond donors (Lipinski definition) is 1. The number of halogens is 1. The van der Waals surface area contributed by atoms with Crippen molar-refractivity contribution in [3.63, 3.8) is 0 Å². The van der Waals surface area contributed by atoms with Crippen LogP contribution >= 0.6 is 11.6 Å². The van der Waals surface area contributed by atoms with E-state index in [1.807, 2.05) is 13.0 Å². The van der Waals surface area contributed by atoms with Crippen molar-refractivity contribution in [3.05, 3.63) is 52.5 Å². The minimum Gasteiger partial charge on any atom is -0.495 e. The molecular formula is C16H18ClNO3S. The Morgan fingerprint density at radius 2 is 1.95 bits per heavy atom. The molecule has 2 rings (SSSR count). The predicted molar refractivity (Wildman–Crippen MR) is 89.4 cm³/mol. The molecule has 0 aromatic heterocycles. The van der Waals surface area contributed by atoms with E-state index in [9.17, 15) is 8.42 Å². The first kappa shape index (κ1) is 16.6. The maximum absolute atomic E-state index is 12.7. The molecule has 0 saturated heterocycles. The molecule has 0 aliphatic rings. The number of nitrogens with one attached hydrogen (secondary N) is 1. The summed E-state index contributed by atoms with van der Waals surface area (Å²) in [4.78, 5) is 0.119. The zero-order chi connectivity index (χ0) is 16.3. The van der Waals surface area contributed by atoms with Gasteiger partial charge in [0, 0.05) is 5.02 Å². The molecule has 6 heteroatoms. The molecule has 0 aliphatic heterocycles. The molecule has 2 aromatic carbocycles. The molecule has 0 saturated carbocycles. The Labute approximate surface area is 136 Å². The van der Waals surface area contributed by atoms with Crippen LogP contribution in [0.25, 0.3) is 0 Å². The van der Waals surface area contributed by atoms with Crippen LogP contribution in [0.15, 0.2) is 41.3 Å². The van der Waals surface area contributed by atoms with Gasteiger partial charge in [-0.2, -0.15) is 0 Å². The van der Waals surface area contributed by atoms with Gasteiger partial charge in [-0.15, -0.1) is 0 Å². The number of aryl methyl sites for hydroxylation is 1. The molecule has 0 aliphatic carbocycles. The van der Waals surface area contributed by atoms with Gasteiger partial charge in [0.25, 0.3) is 10.0 Å². The largest absolute Gasteiger partial charge is 0.495 e. The minimum atomic E-state index is -3.76. The van der Waals surface area contributed by atoms with Crippen LogP contribution in [0, 0.1) is 6.92 Å². The molecule has 0 fully saturated rings. The van der Waals surface area contributed by atoms with E-state index in [1.54, 1.807) is 37.3 Å². The van der Waals surface area contributed by atoms with Gasteiger partial charge in [0.05, 0.1) is 12.8 Å². The molecule has 0 radical (unpaired) electrons. The highest BCUT2D eigenvalue weighted by Crippen LogP contribution is 2.29. The summed E-state index contributed by atoms with van der Waals surface area (Å²) in [5.74, 6) is 0.310. The zero-order valence-electron chi connectivity index (χ0n) is 12.7. The molecule has 22 heavy (non-hydrogen) atoms. The number of sulfonamides is 1. The van der Waals surface area contributed by atoms with Gasteiger partial charge in [-0.3, -0.25) is 4.72 Å². The van der Waals surface area contributed by atoms with E-state index in [1.165, 1.54) is 7.11 Å². The van der Waals surface area contributed by atoms with Crippen LogP contribution in [-0.2, 0) is 16.4 Å². The third kappa shape index (κ3) is 3.36. The van der Waals surface area contributed by atoms with Crippen LogP contribution in [0.3, 0.4) is 0 Å². The number of ether oxygens (including phenoxy) is 1. The van der Waals surface area contributed by atoms with E-state index in [0.717, 1.165) is 12.0 Å². The van der Waals surface area contributed by atoms with Crippen molar-refractivity contribution in [2.24, 2.45) is 0 Å². The van der Waals surface area contributed by atoms with Crippen LogP contribution in [0.5, 0.6) is 5.75 Å². The Balaban J connectivity index is 2.48. The standard InChI is InChI=1S/C16H18ClNO3S/c1-4-12-8-9-15(21-3)16(10-12)22(19,20)18-14-7-5-6-13(17)11(14)2/h5-10,18H,4H2,1-3H3. The lowest BCUT2D eigenvalue weighted by Gasteiger charge is -2.14. The van der Waals surface area contributed by atoms with Gasteiger partial charge in [-0.05, 0) is 48.7 Å². The summed E-state index contributed by atoms with van der Waals surface area (Å²) in [7, 11) is -2.31. The van der Waals surface area contributed by atoms with Crippen molar-refractivity contribution >= 4 is 27.3 Å². The van der Waals surface area contributed by atoms with Crippen LogP contribution < -0.4 is 9.46 Å². The summed E-state index contributed by atoms with van der Waals surface area (Å²) in [6.07, 6.45) is 0.739. The van der Waals surface area contributed by atoms with E-state index in [0.29, 0.717) is 22.0 Å². The second-order valence-electron chi connectivity index (χ2n) is 4.86. The number of anilines is 1. The molecule has 118 valence electrons. The van der Waals surface area contributed by atoms with Crippen molar-refractivity contribution < 1.29 is 13.2 Å². The average molecular weight is 340 g/mol. The monoisotopic (exact) mass is 339 g/mol. The zero-order valence-corrected chi connectivity index (χ0v) is 14.3. The van der Waals surface area contributed by atoms with Gasteiger partial charge in [-0.1, -0.05) is 30.7 Å². The number of rotatable bonds is 5. The average Bonchev–Trinajstić information content (AvgIpc) is 2.51. The van der Waals surface area contributed by atoms with Crippen LogP contribution in [0.2, 0.25) is 5.02 Å². The lowest BCUT2D eigenvalue weighted by atomic mass is 10.2. The van der Waals surface area contributed by atoms with Gasteiger partial charge >= 0.3 is 0 Å². The molecule has 0 bridgehead atoms. The maximum atomic E-state index is 12.7. The Morgan fingerprint density at radius 3 is 2.59 bits per heavy atom. The predicted octanol–water partition coefficient (Wildman–Crippen LogP) is 4.02. The Hall–Kier alpha value is -1.72. The number of benzene rings is 2. The highest BCUT2D eigenvalue weighted by atomic mass is 35.5. The van der Waals surface area contributed by atoms with E-state index in [2.05, 4.69) is 4.72 Å². The van der Waals surface area contributed by atoms with E-state index >= 15 is 0 Å². The summed E-state index contributed by atoms with van der Waals surface area (Å²) in [6.45, 7) is 3.73. The SMILES string of the molecule is CCc1ccc(OC)c(S(=O)(=O)Nc2cccc(Cl)c2C)c1. The normalized spacial score (nSPS) is 11.3. The smallest absolute Gasteiger partial charge is 0.265 e. The second kappa shape index (κ2) is 6.58. The molecular weight excluding hydrogens is 322 g/mol. The molecule has 4 nitrogen and oxygen atoms in total. The highest BCUT2D eigenvalue weighted by molar-refractivity contribution is 7.92. The summed E-state index contributed by atoms with van der Waals surface area (Å²) in [6, 6.07) is 10.2. The summed E-state index contributed by atoms with van der Waals surface area (Å²) in [5.41, 5.74) is 2.05. The first-order valence-electron chi connectivity index (χ1n) is 6.84. The maximum Gasteiger partial charge on any atom is 0.265 e. The fourth-order valence-electron chi connectivity index (χ4n) is 2.07. The van der Waals surface area contributed by atoms with Gasteiger partial charge in [0.15, 0.2) is 0 Å². The number of hydrogen-bond acceptors (Lipinski definition) is 3. The fraction of sp³-hybridized carbons (Fsp3) is 0.250. The lowest BCUT2D eigenvalue weighted by Crippen LogP contribution is -2.15. The van der Waals surface area contributed by atoms with Crippen molar-refractivity contribution in [2.75, 3.05) is 11.8 Å². The summed E-state index contributed by atoms with van der Waals surface area (Å²) in [5, 5.41) is 0.509. The Morgan fingerprint density at radius 1 is 1.23 bits per heavy atom. The van der Waals surface area contributed by atoms with Crippen molar-refractivity contribution in [3.8, 4) is 5.75 Å². The second-order valence-corrected chi connectivity index (χ2v) is 6.91. The summed E-state index contributed by atoms with van der Waals surface area (Å²) >= 11 is 6.04. The van der Waals surface area contributed by atoms with E-state index in [-0.39, 0.29) is 4.90 Å². The van der Waals surface area contributed by atoms with Crippen LogP contribution in [0.4, 0.5) is 5.69 Å². The van der Waals surface area contributed by atoms with Crippen molar-refractivity contribution in [1.29, 1.82) is 0 Å². The van der Waals surface area contributed by atoms with E-state index in [4.69, 9.17) is 16.3 Å². The molecule has 0 atom stereocenters. The first-order valence-corrected chi connectivity index (χ1v) is 8.70. The Kier molecular flexibility index (Phi) is 4.98. The molecule has 0 unspecified atom stereocenters. The van der Waals surface area contributed by atoms with Gasteiger partial charge < -0.3 is 4.74 Å². The molecule has 0 heterocycles. The number of methoxy groups -OCH3 is 1. The third-order valence-electron chi connectivity index (χ3n) is 3.44. The van der Waals surface area contributed by atoms with Gasteiger partial charge in [0.2, 0.25) is 0 Å².